The molecule has 1 N–H and O–H groups in total. The lowest BCUT2D eigenvalue weighted by molar-refractivity contribution is 0.0736. The molecular formula is C13H25NO2. The molecule has 2 aliphatic rings. The van der Waals surface area contributed by atoms with E-state index in [2.05, 4.69) is 4.90 Å². The predicted octanol–water partition coefficient (Wildman–Crippen LogP) is 1.79. The van der Waals surface area contributed by atoms with Gasteiger partial charge in [-0.05, 0) is 51.6 Å². The van der Waals surface area contributed by atoms with Gasteiger partial charge in [0.05, 0.1) is 12.7 Å². The average Bonchev–Trinajstić information content (AvgIpc) is 2.83. The number of aliphatic hydroxyl groups is 1. The Morgan fingerprint density at radius 3 is 2.88 bits per heavy atom. The first-order valence-corrected chi connectivity index (χ1v) is 6.86. The smallest absolute Gasteiger partial charge is 0.0586 e. The first-order valence-electron chi connectivity index (χ1n) is 6.86. The van der Waals surface area contributed by atoms with Gasteiger partial charge in [0.15, 0.2) is 0 Å². The Morgan fingerprint density at radius 2 is 2.12 bits per heavy atom. The van der Waals surface area contributed by atoms with Crippen LogP contribution in [0.25, 0.3) is 0 Å². The molecule has 0 spiro atoms. The molecular weight excluding hydrogens is 202 g/mol. The molecule has 0 saturated carbocycles. The van der Waals surface area contributed by atoms with E-state index in [0.717, 1.165) is 13.2 Å². The summed E-state index contributed by atoms with van der Waals surface area (Å²) in [5.74, 6) is 0. The summed E-state index contributed by atoms with van der Waals surface area (Å²) in [7, 11) is 0. The van der Waals surface area contributed by atoms with Gasteiger partial charge in [-0.25, -0.2) is 0 Å². The lowest BCUT2D eigenvalue weighted by Crippen LogP contribution is -2.42. The highest BCUT2D eigenvalue weighted by Crippen LogP contribution is 2.20. The zero-order valence-corrected chi connectivity index (χ0v) is 10.2. The van der Waals surface area contributed by atoms with E-state index in [-0.39, 0.29) is 0 Å². The Kier molecular flexibility index (Phi) is 5.07. The Morgan fingerprint density at radius 1 is 1.19 bits per heavy atom. The Balaban J connectivity index is 1.63. The van der Waals surface area contributed by atoms with E-state index in [1.165, 1.54) is 51.5 Å². The van der Waals surface area contributed by atoms with Crippen LogP contribution in [0.3, 0.4) is 0 Å². The Labute approximate surface area is 98.8 Å². The van der Waals surface area contributed by atoms with E-state index in [1.807, 2.05) is 0 Å². The number of hydrogen-bond acceptors (Lipinski definition) is 3. The van der Waals surface area contributed by atoms with Gasteiger partial charge in [0.25, 0.3) is 0 Å². The van der Waals surface area contributed by atoms with Crippen molar-refractivity contribution in [1.82, 2.24) is 4.90 Å². The highest BCUT2D eigenvalue weighted by Gasteiger charge is 2.22. The molecule has 0 aliphatic carbocycles. The summed E-state index contributed by atoms with van der Waals surface area (Å²) >= 11 is 0. The number of hydrogen-bond donors (Lipinski definition) is 1. The second kappa shape index (κ2) is 6.58. The standard InChI is InChI=1S/C13H25NO2/c15-11-12-5-1-2-8-14(12)9-3-6-13-7-4-10-16-13/h12-13,15H,1-11H2. The second-order valence-electron chi connectivity index (χ2n) is 5.15. The monoisotopic (exact) mass is 227 g/mol. The lowest BCUT2D eigenvalue weighted by atomic mass is 10.0. The molecule has 3 nitrogen and oxygen atoms in total. The van der Waals surface area contributed by atoms with Gasteiger partial charge in [0, 0.05) is 12.6 Å². The van der Waals surface area contributed by atoms with Gasteiger partial charge in [-0.2, -0.15) is 0 Å². The molecule has 2 aliphatic heterocycles. The first-order chi connectivity index (χ1) is 7.90. The van der Waals surface area contributed by atoms with Gasteiger partial charge in [0.2, 0.25) is 0 Å². The molecule has 2 rings (SSSR count). The number of nitrogens with zero attached hydrogens (tertiary/aromatic N) is 1. The normalized spacial score (nSPS) is 32.1. The van der Waals surface area contributed by atoms with Gasteiger partial charge >= 0.3 is 0 Å². The maximum Gasteiger partial charge on any atom is 0.0586 e. The molecule has 2 heterocycles. The van der Waals surface area contributed by atoms with Gasteiger partial charge in [0.1, 0.15) is 0 Å². The molecule has 2 fully saturated rings. The third-order valence-corrected chi connectivity index (χ3v) is 3.96. The summed E-state index contributed by atoms with van der Waals surface area (Å²) in [6.45, 7) is 3.62. The third-order valence-electron chi connectivity index (χ3n) is 3.96. The number of ether oxygens (including phenoxy) is 1. The number of rotatable bonds is 5. The summed E-state index contributed by atoms with van der Waals surface area (Å²) in [6.07, 6.45) is 9.21. The minimum atomic E-state index is 0.333. The number of piperidine rings is 1. The Bertz CT molecular complexity index is 192. The molecule has 94 valence electrons. The number of aliphatic hydroxyl groups excluding tert-OH is 1. The van der Waals surface area contributed by atoms with E-state index in [4.69, 9.17) is 4.74 Å². The van der Waals surface area contributed by atoms with E-state index in [0.29, 0.717) is 18.8 Å². The van der Waals surface area contributed by atoms with E-state index in [9.17, 15) is 5.11 Å². The molecule has 0 aromatic carbocycles. The van der Waals surface area contributed by atoms with Crippen LogP contribution >= 0.6 is 0 Å². The minimum Gasteiger partial charge on any atom is -0.395 e. The van der Waals surface area contributed by atoms with Crippen molar-refractivity contribution in [2.75, 3.05) is 26.3 Å². The molecule has 0 aromatic rings. The lowest BCUT2D eigenvalue weighted by Gasteiger charge is -2.34. The van der Waals surface area contributed by atoms with Crippen LogP contribution in [0.15, 0.2) is 0 Å². The van der Waals surface area contributed by atoms with Crippen molar-refractivity contribution in [2.24, 2.45) is 0 Å². The zero-order chi connectivity index (χ0) is 11.2. The molecule has 3 heteroatoms. The fraction of sp³-hybridized carbons (Fsp3) is 1.00. The van der Waals surface area contributed by atoms with Crippen LogP contribution in [0.2, 0.25) is 0 Å². The van der Waals surface area contributed by atoms with Crippen LogP contribution < -0.4 is 0 Å². The SMILES string of the molecule is OCC1CCCCN1CCCC1CCCO1. The maximum atomic E-state index is 9.31. The van der Waals surface area contributed by atoms with Gasteiger partial charge in [-0.15, -0.1) is 0 Å². The molecule has 0 amide bonds. The van der Waals surface area contributed by atoms with Crippen molar-refractivity contribution in [2.45, 2.75) is 57.1 Å². The van der Waals surface area contributed by atoms with Gasteiger partial charge < -0.3 is 9.84 Å². The summed E-state index contributed by atoms with van der Waals surface area (Å²) in [4.78, 5) is 2.47. The molecule has 0 radical (unpaired) electrons. The predicted molar refractivity (Wildman–Crippen MR) is 64.5 cm³/mol. The van der Waals surface area contributed by atoms with Crippen molar-refractivity contribution < 1.29 is 9.84 Å². The quantitative estimate of drug-likeness (QED) is 0.777. The molecule has 0 bridgehead atoms. The Hall–Kier alpha value is -0.120. The second-order valence-corrected chi connectivity index (χ2v) is 5.15. The minimum absolute atomic E-state index is 0.333. The summed E-state index contributed by atoms with van der Waals surface area (Å²) < 4.78 is 5.63. The fourth-order valence-electron chi connectivity index (χ4n) is 2.96. The molecule has 2 atom stereocenters. The molecule has 2 unspecified atom stereocenters. The van der Waals surface area contributed by atoms with Gasteiger partial charge in [-0.1, -0.05) is 6.42 Å². The van der Waals surface area contributed by atoms with Crippen molar-refractivity contribution in [1.29, 1.82) is 0 Å². The maximum absolute atomic E-state index is 9.31. The van der Waals surface area contributed by atoms with E-state index in [1.54, 1.807) is 0 Å². The highest BCUT2D eigenvalue weighted by molar-refractivity contribution is 4.76. The molecule has 16 heavy (non-hydrogen) atoms. The average molecular weight is 227 g/mol. The van der Waals surface area contributed by atoms with Crippen molar-refractivity contribution >= 4 is 0 Å². The highest BCUT2D eigenvalue weighted by atomic mass is 16.5. The van der Waals surface area contributed by atoms with Gasteiger partial charge in [-0.3, -0.25) is 4.90 Å². The first kappa shape index (κ1) is 12.3. The van der Waals surface area contributed by atoms with Crippen LogP contribution in [-0.2, 0) is 4.74 Å². The topological polar surface area (TPSA) is 32.7 Å². The van der Waals surface area contributed by atoms with Crippen LogP contribution in [0, 0.1) is 0 Å². The van der Waals surface area contributed by atoms with Crippen LogP contribution in [0.5, 0.6) is 0 Å². The summed E-state index contributed by atoms with van der Waals surface area (Å²) in [5.41, 5.74) is 0. The zero-order valence-electron chi connectivity index (χ0n) is 10.2. The largest absolute Gasteiger partial charge is 0.395 e. The van der Waals surface area contributed by atoms with Crippen molar-refractivity contribution in [3.8, 4) is 0 Å². The summed E-state index contributed by atoms with van der Waals surface area (Å²) in [6, 6.07) is 0.429. The number of likely N-dealkylation sites (tertiary alicyclic amines) is 1. The summed E-state index contributed by atoms with van der Waals surface area (Å²) in [5, 5.41) is 9.31. The third kappa shape index (κ3) is 3.44. The fourth-order valence-corrected chi connectivity index (χ4v) is 2.96. The van der Waals surface area contributed by atoms with Crippen molar-refractivity contribution in [3.63, 3.8) is 0 Å². The van der Waals surface area contributed by atoms with Crippen LogP contribution in [-0.4, -0.2) is 48.5 Å². The van der Waals surface area contributed by atoms with E-state index >= 15 is 0 Å². The molecule has 2 saturated heterocycles. The van der Waals surface area contributed by atoms with E-state index < -0.39 is 0 Å². The van der Waals surface area contributed by atoms with Crippen LogP contribution in [0.1, 0.15) is 44.9 Å². The molecule has 0 aromatic heterocycles. The van der Waals surface area contributed by atoms with Crippen molar-refractivity contribution in [3.05, 3.63) is 0 Å². The van der Waals surface area contributed by atoms with Crippen LogP contribution in [0.4, 0.5) is 0 Å².